The lowest BCUT2D eigenvalue weighted by Gasteiger charge is -2.34. The Kier molecular flexibility index (Phi) is 7.45. The molecule has 2 atom stereocenters. The standard InChI is InChI=1S/C24H33N3O4S/c1-32(29,30)26-22-12-14-27(23-11-13-25-15-20(23)16-28)24(22)17-31-21-9-7-19(8-10-21)18-5-3-2-4-6-18/h2-6,11,13,15,19,21-22,24,26,28H,7-10,12,14,16-17H2,1H3/t19-,21+,22-,24-/m0/s1. The number of rotatable bonds is 8. The van der Waals surface area contributed by atoms with E-state index in [0.29, 0.717) is 25.5 Å². The largest absolute Gasteiger partial charge is 0.392 e. The Hall–Kier alpha value is -2.00. The van der Waals surface area contributed by atoms with E-state index in [0.717, 1.165) is 36.9 Å². The first kappa shape index (κ1) is 23.2. The minimum atomic E-state index is -3.34. The topological polar surface area (TPSA) is 91.8 Å². The van der Waals surface area contributed by atoms with E-state index in [1.165, 1.54) is 11.8 Å². The molecule has 2 aliphatic rings. The van der Waals surface area contributed by atoms with Crippen molar-refractivity contribution in [1.82, 2.24) is 9.71 Å². The summed E-state index contributed by atoms with van der Waals surface area (Å²) in [6.45, 7) is 1.03. The summed E-state index contributed by atoms with van der Waals surface area (Å²) in [7, 11) is -3.34. The summed E-state index contributed by atoms with van der Waals surface area (Å²) in [6.07, 6.45) is 9.66. The normalized spacial score (nSPS) is 26.4. The molecule has 0 unspecified atom stereocenters. The van der Waals surface area contributed by atoms with Crippen molar-refractivity contribution in [2.24, 2.45) is 0 Å². The molecule has 7 nitrogen and oxygen atoms in total. The van der Waals surface area contributed by atoms with Gasteiger partial charge < -0.3 is 14.7 Å². The Labute approximate surface area is 190 Å². The molecule has 1 saturated heterocycles. The van der Waals surface area contributed by atoms with E-state index >= 15 is 0 Å². The Bertz CT molecular complexity index is 978. The van der Waals surface area contributed by atoms with Gasteiger partial charge in [0.05, 0.1) is 31.6 Å². The van der Waals surface area contributed by atoms with Gasteiger partial charge in [-0.1, -0.05) is 30.3 Å². The van der Waals surface area contributed by atoms with Crippen molar-refractivity contribution in [3.63, 3.8) is 0 Å². The van der Waals surface area contributed by atoms with Gasteiger partial charge in [-0.2, -0.15) is 0 Å². The summed E-state index contributed by atoms with van der Waals surface area (Å²) < 4.78 is 33.1. The van der Waals surface area contributed by atoms with Crippen LogP contribution in [0.4, 0.5) is 5.69 Å². The lowest BCUT2D eigenvalue weighted by Crippen LogP contribution is -2.48. The fraction of sp³-hybridized carbons (Fsp3) is 0.542. The van der Waals surface area contributed by atoms with Gasteiger partial charge in [-0.3, -0.25) is 4.98 Å². The van der Waals surface area contributed by atoms with Crippen LogP contribution in [-0.2, 0) is 21.4 Å². The molecule has 2 heterocycles. The van der Waals surface area contributed by atoms with Crippen LogP contribution < -0.4 is 9.62 Å². The fourth-order valence-electron chi connectivity index (χ4n) is 5.12. The Morgan fingerprint density at radius 1 is 1.12 bits per heavy atom. The summed E-state index contributed by atoms with van der Waals surface area (Å²) in [5.41, 5.74) is 3.03. The van der Waals surface area contributed by atoms with Gasteiger partial charge in [-0.25, -0.2) is 13.1 Å². The molecular weight excluding hydrogens is 426 g/mol. The minimum absolute atomic E-state index is 0.110. The molecule has 1 aliphatic heterocycles. The van der Waals surface area contributed by atoms with E-state index in [1.54, 1.807) is 12.4 Å². The molecule has 1 aromatic heterocycles. The second-order valence-electron chi connectivity index (χ2n) is 8.93. The number of ether oxygens (including phenoxy) is 1. The van der Waals surface area contributed by atoms with Gasteiger partial charge in [0.25, 0.3) is 0 Å². The third-order valence-electron chi connectivity index (χ3n) is 6.72. The number of benzene rings is 1. The van der Waals surface area contributed by atoms with E-state index in [4.69, 9.17) is 4.74 Å². The molecule has 1 saturated carbocycles. The summed E-state index contributed by atoms with van der Waals surface area (Å²) in [5, 5.41) is 9.76. The molecule has 0 amide bonds. The number of anilines is 1. The number of hydrogen-bond acceptors (Lipinski definition) is 6. The smallest absolute Gasteiger partial charge is 0.209 e. The zero-order chi connectivity index (χ0) is 22.6. The van der Waals surface area contributed by atoms with Crippen molar-refractivity contribution in [1.29, 1.82) is 0 Å². The van der Waals surface area contributed by atoms with Gasteiger partial charge in [0.15, 0.2) is 0 Å². The Balaban J connectivity index is 1.42. The molecule has 2 fully saturated rings. The summed E-state index contributed by atoms with van der Waals surface area (Å²) >= 11 is 0. The molecule has 0 radical (unpaired) electrons. The van der Waals surface area contributed by atoms with Crippen LogP contribution in [0.1, 0.15) is 49.1 Å². The highest BCUT2D eigenvalue weighted by atomic mass is 32.2. The molecule has 2 aromatic rings. The summed E-state index contributed by atoms with van der Waals surface area (Å²) in [5.74, 6) is 0.586. The lowest BCUT2D eigenvalue weighted by atomic mass is 9.83. The van der Waals surface area contributed by atoms with Crippen LogP contribution >= 0.6 is 0 Å². The van der Waals surface area contributed by atoms with E-state index in [9.17, 15) is 13.5 Å². The zero-order valence-corrected chi connectivity index (χ0v) is 19.4. The predicted octanol–water partition coefficient (Wildman–Crippen LogP) is 2.81. The quantitative estimate of drug-likeness (QED) is 0.631. The molecule has 4 rings (SSSR count). The number of nitrogens with zero attached hydrogens (tertiary/aromatic N) is 2. The summed E-state index contributed by atoms with van der Waals surface area (Å²) in [6, 6.07) is 12.2. The van der Waals surface area contributed by atoms with Crippen LogP contribution in [0.15, 0.2) is 48.8 Å². The van der Waals surface area contributed by atoms with E-state index in [-0.39, 0.29) is 24.8 Å². The number of hydrogen-bond donors (Lipinski definition) is 2. The van der Waals surface area contributed by atoms with Crippen molar-refractivity contribution in [3.05, 3.63) is 59.9 Å². The van der Waals surface area contributed by atoms with Crippen molar-refractivity contribution < 1.29 is 18.3 Å². The van der Waals surface area contributed by atoms with Gasteiger partial charge in [-0.15, -0.1) is 0 Å². The molecule has 32 heavy (non-hydrogen) atoms. The van der Waals surface area contributed by atoms with Gasteiger partial charge in [0.2, 0.25) is 10.0 Å². The van der Waals surface area contributed by atoms with Crippen molar-refractivity contribution in [2.45, 2.75) is 62.8 Å². The fourth-order valence-corrected chi connectivity index (χ4v) is 5.94. The first-order valence-corrected chi connectivity index (χ1v) is 13.3. The van der Waals surface area contributed by atoms with E-state index in [1.807, 2.05) is 6.07 Å². The number of aromatic nitrogens is 1. The SMILES string of the molecule is CS(=O)(=O)N[C@H]1CCN(c2ccncc2CO)[C@H]1CO[C@H]1CC[C@@H](c2ccccc2)CC1. The van der Waals surface area contributed by atoms with Crippen LogP contribution in [0.25, 0.3) is 0 Å². The average Bonchev–Trinajstić information content (AvgIpc) is 3.19. The number of nitrogens with one attached hydrogen (secondary N) is 1. The average molecular weight is 460 g/mol. The predicted molar refractivity (Wildman–Crippen MR) is 125 cm³/mol. The van der Waals surface area contributed by atoms with Crippen LogP contribution in [0.2, 0.25) is 0 Å². The zero-order valence-electron chi connectivity index (χ0n) is 18.6. The van der Waals surface area contributed by atoms with Gasteiger partial charge in [0, 0.05) is 36.2 Å². The molecule has 2 N–H and O–H groups in total. The second kappa shape index (κ2) is 10.3. The Morgan fingerprint density at radius 2 is 1.88 bits per heavy atom. The maximum atomic E-state index is 12.0. The first-order valence-electron chi connectivity index (χ1n) is 11.4. The number of aliphatic hydroxyl groups excluding tert-OH is 1. The van der Waals surface area contributed by atoms with Gasteiger partial charge in [0.1, 0.15) is 0 Å². The van der Waals surface area contributed by atoms with Crippen LogP contribution in [0.5, 0.6) is 0 Å². The highest BCUT2D eigenvalue weighted by molar-refractivity contribution is 7.88. The minimum Gasteiger partial charge on any atom is -0.392 e. The maximum Gasteiger partial charge on any atom is 0.209 e. The molecule has 1 aliphatic carbocycles. The van der Waals surface area contributed by atoms with E-state index in [2.05, 4.69) is 44.9 Å². The highest BCUT2D eigenvalue weighted by Gasteiger charge is 2.37. The van der Waals surface area contributed by atoms with Crippen LogP contribution in [-0.4, -0.2) is 56.1 Å². The van der Waals surface area contributed by atoms with Crippen LogP contribution in [0.3, 0.4) is 0 Å². The monoisotopic (exact) mass is 459 g/mol. The Morgan fingerprint density at radius 3 is 2.56 bits per heavy atom. The van der Waals surface area contributed by atoms with Gasteiger partial charge >= 0.3 is 0 Å². The molecular formula is C24H33N3O4S. The molecule has 0 spiro atoms. The van der Waals surface area contributed by atoms with E-state index < -0.39 is 10.0 Å². The molecule has 1 aromatic carbocycles. The maximum absolute atomic E-state index is 12.0. The van der Waals surface area contributed by atoms with Crippen molar-refractivity contribution >= 4 is 15.7 Å². The second-order valence-corrected chi connectivity index (χ2v) is 10.7. The molecule has 0 bridgehead atoms. The van der Waals surface area contributed by atoms with Crippen molar-refractivity contribution in [3.8, 4) is 0 Å². The third-order valence-corrected chi connectivity index (χ3v) is 7.45. The summed E-state index contributed by atoms with van der Waals surface area (Å²) in [4.78, 5) is 6.27. The number of pyridine rings is 1. The lowest BCUT2D eigenvalue weighted by molar-refractivity contribution is 0.0156. The molecule has 174 valence electrons. The highest BCUT2D eigenvalue weighted by Crippen LogP contribution is 2.35. The van der Waals surface area contributed by atoms with Crippen LogP contribution in [0, 0.1) is 0 Å². The number of aliphatic hydroxyl groups is 1. The van der Waals surface area contributed by atoms with Crippen molar-refractivity contribution in [2.75, 3.05) is 24.3 Å². The third kappa shape index (κ3) is 5.67. The number of sulfonamides is 1. The van der Waals surface area contributed by atoms with Gasteiger partial charge in [-0.05, 0) is 49.7 Å². The molecule has 8 heteroatoms. The first-order chi connectivity index (χ1) is 15.4.